The molecular weight excluding hydrogens is 360 g/mol. The van der Waals surface area contributed by atoms with Crippen LogP contribution < -0.4 is 10.6 Å². The van der Waals surface area contributed by atoms with Crippen LogP contribution in [0.2, 0.25) is 0 Å². The van der Waals surface area contributed by atoms with E-state index in [1.165, 1.54) is 0 Å². The molecule has 2 aliphatic rings. The van der Waals surface area contributed by atoms with Crippen LogP contribution in [0.3, 0.4) is 0 Å². The molecule has 5 atom stereocenters. The first-order chi connectivity index (χ1) is 13.5. The molecule has 0 bridgehead atoms. The number of hydrogen-bond donors (Lipinski definition) is 3. The number of ether oxygens (including phenoxy) is 3. The van der Waals surface area contributed by atoms with Gasteiger partial charge in [0.2, 0.25) is 0 Å². The molecule has 0 radical (unpaired) electrons. The predicted octanol–water partition coefficient (Wildman–Crippen LogP) is 1.69. The van der Waals surface area contributed by atoms with Crippen LogP contribution >= 0.6 is 0 Å². The van der Waals surface area contributed by atoms with E-state index in [4.69, 9.17) is 14.2 Å². The van der Waals surface area contributed by atoms with Gasteiger partial charge in [0.1, 0.15) is 6.10 Å². The summed E-state index contributed by atoms with van der Waals surface area (Å²) >= 11 is 0. The second-order valence-corrected chi connectivity index (χ2v) is 8.03. The molecule has 2 aliphatic heterocycles. The van der Waals surface area contributed by atoms with Gasteiger partial charge in [-0.3, -0.25) is 0 Å². The molecule has 7 heteroatoms. The lowest BCUT2D eigenvalue weighted by atomic mass is 10.0. The number of alkyl carbamates (subject to hydrolysis) is 1. The van der Waals surface area contributed by atoms with Gasteiger partial charge >= 0.3 is 6.09 Å². The molecule has 28 heavy (non-hydrogen) atoms. The Hall–Kier alpha value is -1.67. The maximum atomic E-state index is 12.5. The third-order valence-corrected chi connectivity index (χ3v) is 5.22. The smallest absolute Gasteiger partial charge is 0.407 e. The summed E-state index contributed by atoms with van der Waals surface area (Å²) in [4.78, 5) is 12.5. The first-order valence-electron chi connectivity index (χ1n) is 10.2. The lowest BCUT2D eigenvalue weighted by Gasteiger charge is -2.26. The molecule has 2 unspecified atom stereocenters. The third-order valence-electron chi connectivity index (χ3n) is 5.22. The summed E-state index contributed by atoms with van der Waals surface area (Å²) in [5.74, 6) is 0.581. The van der Waals surface area contributed by atoms with Gasteiger partial charge in [-0.25, -0.2) is 4.79 Å². The molecule has 0 saturated carbocycles. The molecule has 3 rings (SSSR count). The summed E-state index contributed by atoms with van der Waals surface area (Å²) in [5, 5.41) is 16.8. The van der Waals surface area contributed by atoms with Crippen molar-refractivity contribution in [2.24, 2.45) is 11.8 Å². The Morgan fingerprint density at radius 3 is 2.79 bits per heavy atom. The van der Waals surface area contributed by atoms with Gasteiger partial charge in [-0.05, 0) is 30.9 Å². The second kappa shape index (κ2) is 10.2. The van der Waals surface area contributed by atoms with Crippen molar-refractivity contribution in [3.05, 3.63) is 35.9 Å². The number of nitrogens with one attached hydrogen (secondary N) is 2. The summed E-state index contributed by atoms with van der Waals surface area (Å²) in [6.07, 6.45) is -0.460. The molecule has 2 heterocycles. The van der Waals surface area contributed by atoms with Crippen LogP contribution in [0.5, 0.6) is 0 Å². The predicted molar refractivity (Wildman–Crippen MR) is 105 cm³/mol. The van der Waals surface area contributed by atoms with Gasteiger partial charge in [0, 0.05) is 6.54 Å². The Labute approximate surface area is 166 Å². The zero-order valence-corrected chi connectivity index (χ0v) is 16.7. The highest BCUT2D eigenvalue weighted by Gasteiger charge is 2.44. The number of carbonyl (C=O) groups is 1. The Kier molecular flexibility index (Phi) is 7.67. The standard InChI is InChI=1S/C21H32N2O5/c1-14(2)11-22-12-18(24)17(10-15-6-4-3-5-7-15)23-21(25)28-19-13-27-20-16(19)8-9-26-20/h3-7,14,16-20,22,24H,8-13H2,1-2H3,(H,23,25)/t16?,17-,18+,19?,20+/m0/s1. The maximum absolute atomic E-state index is 12.5. The van der Waals surface area contributed by atoms with Crippen molar-refractivity contribution < 1.29 is 24.1 Å². The van der Waals surface area contributed by atoms with E-state index < -0.39 is 18.2 Å². The van der Waals surface area contributed by atoms with Gasteiger partial charge in [0.15, 0.2) is 6.29 Å². The highest BCUT2D eigenvalue weighted by atomic mass is 16.7. The van der Waals surface area contributed by atoms with Gasteiger partial charge < -0.3 is 30.0 Å². The van der Waals surface area contributed by atoms with Gasteiger partial charge in [0.25, 0.3) is 0 Å². The minimum absolute atomic E-state index is 0.0935. The van der Waals surface area contributed by atoms with Crippen molar-refractivity contribution >= 4 is 6.09 Å². The third kappa shape index (κ3) is 5.91. The van der Waals surface area contributed by atoms with E-state index in [0.29, 0.717) is 32.1 Å². The average Bonchev–Trinajstić information content (AvgIpc) is 3.27. The summed E-state index contributed by atoms with van der Waals surface area (Å²) in [6, 6.07) is 9.36. The SMILES string of the molecule is CC(C)CNC[C@@H](O)[C@H](Cc1ccccc1)NC(=O)OC1CO[C@H]2OCCC12. The van der Waals surface area contributed by atoms with Crippen molar-refractivity contribution in [1.29, 1.82) is 0 Å². The number of benzene rings is 1. The van der Waals surface area contributed by atoms with Crippen LogP contribution in [0, 0.1) is 11.8 Å². The molecular formula is C21H32N2O5. The number of carbonyl (C=O) groups excluding carboxylic acids is 1. The second-order valence-electron chi connectivity index (χ2n) is 8.03. The zero-order chi connectivity index (χ0) is 19.9. The fourth-order valence-corrected chi connectivity index (χ4v) is 3.68. The molecule has 1 aromatic carbocycles. The van der Waals surface area contributed by atoms with Crippen molar-refractivity contribution in [1.82, 2.24) is 10.6 Å². The fourth-order valence-electron chi connectivity index (χ4n) is 3.68. The largest absolute Gasteiger partial charge is 0.443 e. The van der Waals surface area contributed by atoms with E-state index in [1.807, 2.05) is 30.3 Å². The number of rotatable bonds is 9. The van der Waals surface area contributed by atoms with E-state index in [9.17, 15) is 9.90 Å². The molecule has 2 saturated heterocycles. The molecule has 2 fully saturated rings. The van der Waals surface area contributed by atoms with Crippen molar-refractivity contribution in [2.45, 2.75) is 51.2 Å². The molecule has 3 N–H and O–H groups in total. The minimum Gasteiger partial charge on any atom is -0.443 e. The summed E-state index contributed by atoms with van der Waals surface area (Å²) in [7, 11) is 0. The summed E-state index contributed by atoms with van der Waals surface area (Å²) in [6.45, 7) is 6.42. The minimum atomic E-state index is -0.728. The van der Waals surface area contributed by atoms with Crippen molar-refractivity contribution in [3.8, 4) is 0 Å². The highest BCUT2D eigenvalue weighted by Crippen LogP contribution is 2.32. The molecule has 0 spiro atoms. The Bertz CT molecular complexity index is 612. The van der Waals surface area contributed by atoms with E-state index in [2.05, 4.69) is 24.5 Å². The number of fused-ring (bicyclic) bond motifs is 1. The molecule has 7 nitrogen and oxygen atoms in total. The van der Waals surface area contributed by atoms with E-state index in [-0.39, 0.29) is 18.3 Å². The van der Waals surface area contributed by atoms with Gasteiger partial charge in [-0.2, -0.15) is 0 Å². The fraction of sp³-hybridized carbons (Fsp3) is 0.667. The first kappa shape index (κ1) is 21.0. The number of aliphatic hydroxyl groups excluding tert-OH is 1. The molecule has 0 aliphatic carbocycles. The van der Waals surface area contributed by atoms with Gasteiger partial charge in [-0.1, -0.05) is 44.2 Å². The first-order valence-corrected chi connectivity index (χ1v) is 10.2. The van der Waals surface area contributed by atoms with Crippen LogP contribution in [0.4, 0.5) is 4.79 Å². The number of amides is 1. The lowest BCUT2D eigenvalue weighted by Crippen LogP contribution is -2.50. The quantitative estimate of drug-likeness (QED) is 0.593. The van der Waals surface area contributed by atoms with E-state index >= 15 is 0 Å². The van der Waals surface area contributed by atoms with Crippen LogP contribution in [0.25, 0.3) is 0 Å². The summed E-state index contributed by atoms with van der Waals surface area (Å²) in [5.41, 5.74) is 1.05. The molecule has 1 aromatic rings. The number of aliphatic hydroxyl groups is 1. The van der Waals surface area contributed by atoms with E-state index in [1.54, 1.807) is 0 Å². The molecule has 0 aromatic heterocycles. The molecule has 1 amide bonds. The normalized spacial score (nSPS) is 26.1. The highest BCUT2D eigenvalue weighted by molar-refractivity contribution is 5.68. The topological polar surface area (TPSA) is 89.1 Å². The molecule has 156 valence electrons. The van der Waals surface area contributed by atoms with Crippen molar-refractivity contribution in [2.75, 3.05) is 26.3 Å². The summed E-state index contributed by atoms with van der Waals surface area (Å²) < 4.78 is 16.6. The Morgan fingerprint density at radius 1 is 1.25 bits per heavy atom. The Morgan fingerprint density at radius 2 is 2.04 bits per heavy atom. The monoisotopic (exact) mass is 392 g/mol. The lowest BCUT2D eigenvalue weighted by molar-refractivity contribution is -0.0907. The Balaban J connectivity index is 1.56. The average molecular weight is 392 g/mol. The van der Waals surface area contributed by atoms with Gasteiger partial charge in [0.05, 0.1) is 31.3 Å². The van der Waals surface area contributed by atoms with Crippen LogP contribution in [0.15, 0.2) is 30.3 Å². The zero-order valence-electron chi connectivity index (χ0n) is 16.7. The van der Waals surface area contributed by atoms with Gasteiger partial charge in [-0.15, -0.1) is 0 Å². The van der Waals surface area contributed by atoms with E-state index in [0.717, 1.165) is 18.5 Å². The number of hydrogen-bond acceptors (Lipinski definition) is 6. The van der Waals surface area contributed by atoms with Crippen LogP contribution in [-0.4, -0.2) is 62.0 Å². The van der Waals surface area contributed by atoms with Crippen molar-refractivity contribution in [3.63, 3.8) is 0 Å². The van der Waals surface area contributed by atoms with Crippen LogP contribution in [0.1, 0.15) is 25.8 Å². The maximum Gasteiger partial charge on any atom is 0.407 e. The van der Waals surface area contributed by atoms with Crippen LogP contribution in [-0.2, 0) is 20.6 Å².